The van der Waals surface area contributed by atoms with E-state index in [1.54, 1.807) is 18.7 Å². The Hall–Kier alpha value is -2.87. The highest BCUT2D eigenvalue weighted by Crippen LogP contribution is 2.28. The quantitative estimate of drug-likeness (QED) is 0.729. The van der Waals surface area contributed by atoms with Gasteiger partial charge in [-0.3, -0.25) is 9.59 Å². The van der Waals surface area contributed by atoms with Crippen molar-refractivity contribution in [1.29, 1.82) is 0 Å². The first-order valence-corrected chi connectivity index (χ1v) is 10.8. The zero-order chi connectivity index (χ0) is 21.8. The van der Waals surface area contributed by atoms with E-state index in [0.717, 1.165) is 5.75 Å². The van der Waals surface area contributed by atoms with Crippen molar-refractivity contribution in [2.45, 2.75) is 32.8 Å². The van der Waals surface area contributed by atoms with Crippen molar-refractivity contribution in [3.8, 4) is 5.75 Å². The van der Waals surface area contributed by atoms with Gasteiger partial charge in [0.05, 0.1) is 18.9 Å². The third kappa shape index (κ3) is 4.90. The number of likely N-dealkylation sites (tertiary alicyclic amines) is 1. The molecule has 2 fully saturated rings. The van der Waals surface area contributed by atoms with Crippen LogP contribution in [0, 0.1) is 19.8 Å². The number of aryl methyl sites for hydroxylation is 2. The topological polar surface area (TPSA) is 85.1 Å². The number of benzene rings is 1. The maximum atomic E-state index is 13.2. The summed E-state index contributed by atoms with van der Waals surface area (Å²) in [5.74, 6) is 1.18. The number of nitrogens with zero attached hydrogens (tertiary/aromatic N) is 3. The van der Waals surface area contributed by atoms with E-state index in [4.69, 9.17) is 14.0 Å². The van der Waals surface area contributed by atoms with Crippen LogP contribution in [0.3, 0.4) is 0 Å². The third-order valence-corrected chi connectivity index (χ3v) is 6.03. The maximum Gasteiger partial charge on any atom is 0.259 e. The molecule has 8 heteroatoms. The minimum absolute atomic E-state index is 0.0848. The molecule has 0 radical (unpaired) electrons. The van der Waals surface area contributed by atoms with E-state index in [-0.39, 0.29) is 23.8 Å². The van der Waals surface area contributed by atoms with Crippen LogP contribution in [0.5, 0.6) is 5.75 Å². The number of ether oxygens (including phenoxy) is 2. The van der Waals surface area contributed by atoms with Crippen LogP contribution in [0.25, 0.3) is 0 Å². The number of hydrogen-bond donors (Lipinski definition) is 0. The van der Waals surface area contributed by atoms with Crippen molar-refractivity contribution in [2.24, 2.45) is 5.92 Å². The minimum Gasteiger partial charge on any atom is -0.490 e. The summed E-state index contributed by atoms with van der Waals surface area (Å²) in [7, 11) is 0. The largest absolute Gasteiger partial charge is 0.490 e. The number of amides is 2. The molecule has 0 aliphatic carbocycles. The summed E-state index contributed by atoms with van der Waals surface area (Å²) >= 11 is 0. The van der Waals surface area contributed by atoms with Crippen LogP contribution in [-0.2, 0) is 9.53 Å². The molecule has 1 aromatic heterocycles. The summed E-state index contributed by atoms with van der Waals surface area (Å²) in [6.07, 6.45) is 0.856. The molecule has 1 aromatic carbocycles. The molecule has 2 saturated heterocycles. The van der Waals surface area contributed by atoms with Gasteiger partial charge in [0.15, 0.2) is 0 Å². The van der Waals surface area contributed by atoms with Gasteiger partial charge in [0.2, 0.25) is 5.91 Å². The Kier molecular flexibility index (Phi) is 6.56. The molecule has 31 heavy (non-hydrogen) atoms. The Balaban J connectivity index is 1.50. The summed E-state index contributed by atoms with van der Waals surface area (Å²) in [5.41, 5.74) is 1.10. The SMILES string of the molecule is Cc1noc(C)c1C(=O)N1CC[C@H](Oc2ccccc2)[C@@H](CC(=O)N2CCOCC2)C1. The summed E-state index contributed by atoms with van der Waals surface area (Å²) in [4.78, 5) is 29.8. The molecule has 3 heterocycles. The maximum absolute atomic E-state index is 13.2. The van der Waals surface area contributed by atoms with E-state index in [2.05, 4.69) is 5.16 Å². The monoisotopic (exact) mass is 427 g/mol. The first-order valence-electron chi connectivity index (χ1n) is 10.8. The third-order valence-electron chi connectivity index (χ3n) is 6.03. The molecule has 0 bridgehead atoms. The van der Waals surface area contributed by atoms with Gasteiger partial charge in [-0.15, -0.1) is 0 Å². The van der Waals surface area contributed by atoms with Gasteiger partial charge in [-0.05, 0) is 26.0 Å². The van der Waals surface area contributed by atoms with Crippen molar-refractivity contribution in [3.63, 3.8) is 0 Å². The molecule has 166 valence electrons. The van der Waals surface area contributed by atoms with Crippen molar-refractivity contribution < 1.29 is 23.6 Å². The molecule has 2 aliphatic heterocycles. The number of rotatable bonds is 5. The second-order valence-electron chi connectivity index (χ2n) is 8.17. The fourth-order valence-electron chi connectivity index (χ4n) is 4.33. The van der Waals surface area contributed by atoms with Gasteiger partial charge in [0, 0.05) is 44.9 Å². The molecule has 2 atom stereocenters. The Morgan fingerprint density at radius 2 is 1.84 bits per heavy atom. The molecule has 0 spiro atoms. The Labute approximate surface area is 182 Å². The number of aromatic nitrogens is 1. The first kappa shape index (κ1) is 21.4. The van der Waals surface area contributed by atoms with Gasteiger partial charge in [-0.1, -0.05) is 23.4 Å². The number of carbonyl (C=O) groups excluding carboxylic acids is 2. The van der Waals surface area contributed by atoms with Gasteiger partial charge in [0.1, 0.15) is 23.2 Å². The molecule has 2 amide bonds. The van der Waals surface area contributed by atoms with E-state index in [9.17, 15) is 9.59 Å². The van der Waals surface area contributed by atoms with Crippen LogP contribution in [0.15, 0.2) is 34.9 Å². The normalized spacial score (nSPS) is 21.7. The van der Waals surface area contributed by atoms with Crippen molar-refractivity contribution >= 4 is 11.8 Å². The lowest BCUT2D eigenvalue weighted by atomic mass is 9.90. The Morgan fingerprint density at radius 3 is 2.52 bits per heavy atom. The van der Waals surface area contributed by atoms with Gasteiger partial charge < -0.3 is 23.8 Å². The minimum atomic E-state index is -0.138. The number of hydrogen-bond acceptors (Lipinski definition) is 6. The van der Waals surface area contributed by atoms with Gasteiger partial charge in [-0.25, -0.2) is 0 Å². The molecular weight excluding hydrogens is 398 g/mol. The highest BCUT2D eigenvalue weighted by molar-refractivity contribution is 5.96. The van der Waals surface area contributed by atoms with E-state index < -0.39 is 0 Å². The summed E-state index contributed by atoms with van der Waals surface area (Å²) < 4.78 is 16.8. The average Bonchev–Trinajstić information content (AvgIpc) is 3.13. The fourth-order valence-corrected chi connectivity index (χ4v) is 4.33. The molecule has 0 saturated carbocycles. The lowest BCUT2D eigenvalue weighted by molar-refractivity contribution is -0.137. The number of morpholine rings is 1. The van der Waals surface area contributed by atoms with Crippen LogP contribution in [0.1, 0.15) is 34.7 Å². The Morgan fingerprint density at radius 1 is 1.10 bits per heavy atom. The second-order valence-corrected chi connectivity index (χ2v) is 8.17. The molecule has 8 nitrogen and oxygen atoms in total. The predicted octanol–water partition coefficient (Wildman–Crippen LogP) is 2.45. The van der Waals surface area contributed by atoms with E-state index in [1.807, 2.05) is 35.2 Å². The van der Waals surface area contributed by atoms with Crippen LogP contribution in [-0.4, -0.2) is 72.3 Å². The highest BCUT2D eigenvalue weighted by Gasteiger charge is 2.37. The van der Waals surface area contributed by atoms with Crippen LogP contribution in [0.4, 0.5) is 0 Å². The van der Waals surface area contributed by atoms with Crippen LogP contribution >= 0.6 is 0 Å². The number of para-hydroxylation sites is 1. The number of piperidine rings is 1. The zero-order valence-corrected chi connectivity index (χ0v) is 18.1. The summed E-state index contributed by atoms with van der Waals surface area (Å²) in [5, 5.41) is 3.91. The van der Waals surface area contributed by atoms with Gasteiger partial charge >= 0.3 is 0 Å². The first-order chi connectivity index (χ1) is 15.0. The van der Waals surface area contributed by atoms with Gasteiger partial charge in [0.25, 0.3) is 5.91 Å². The zero-order valence-electron chi connectivity index (χ0n) is 18.1. The molecule has 4 rings (SSSR count). The standard InChI is InChI=1S/C23H29N3O5/c1-16-22(17(2)31-24-16)23(28)26-9-8-20(30-19-6-4-3-5-7-19)18(15-26)14-21(27)25-10-12-29-13-11-25/h3-7,18,20H,8-15H2,1-2H3/t18-,20-/m0/s1. The fraction of sp³-hybridized carbons (Fsp3) is 0.522. The Bertz CT molecular complexity index is 888. The summed E-state index contributed by atoms with van der Waals surface area (Å²) in [6.45, 7) is 6.88. The summed E-state index contributed by atoms with van der Waals surface area (Å²) in [6, 6.07) is 9.64. The van der Waals surface area contributed by atoms with E-state index in [1.165, 1.54) is 0 Å². The van der Waals surface area contributed by atoms with Crippen molar-refractivity contribution in [2.75, 3.05) is 39.4 Å². The number of carbonyl (C=O) groups is 2. The average molecular weight is 428 g/mol. The van der Waals surface area contributed by atoms with Crippen molar-refractivity contribution in [3.05, 3.63) is 47.3 Å². The lowest BCUT2D eigenvalue weighted by Crippen LogP contribution is -2.50. The van der Waals surface area contributed by atoms with E-state index >= 15 is 0 Å². The van der Waals surface area contributed by atoms with Crippen molar-refractivity contribution in [1.82, 2.24) is 15.0 Å². The van der Waals surface area contributed by atoms with E-state index in [0.29, 0.717) is 69.3 Å². The molecule has 2 aromatic rings. The predicted molar refractivity (Wildman–Crippen MR) is 113 cm³/mol. The van der Waals surface area contributed by atoms with Crippen LogP contribution < -0.4 is 4.74 Å². The highest BCUT2D eigenvalue weighted by atomic mass is 16.5. The van der Waals surface area contributed by atoms with Crippen LogP contribution in [0.2, 0.25) is 0 Å². The molecule has 2 aliphatic rings. The smallest absolute Gasteiger partial charge is 0.259 e. The molecule has 0 N–H and O–H groups in total. The molecule has 0 unspecified atom stereocenters. The van der Waals surface area contributed by atoms with Gasteiger partial charge in [-0.2, -0.15) is 0 Å². The molecular formula is C23H29N3O5. The lowest BCUT2D eigenvalue weighted by Gasteiger charge is -2.39. The second kappa shape index (κ2) is 9.51.